The molecule has 0 amide bonds. The third-order valence-corrected chi connectivity index (χ3v) is 4.50. The summed E-state index contributed by atoms with van der Waals surface area (Å²) in [5.41, 5.74) is 4.29. The molecule has 1 heterocycles. The standard InChI is InChI=1S/C20H25NO4/c1-6-8-21-12-17(13(2)14(3)20(21)23)15-10-18(24-4)16(7-9-22)19(11-15)25-5/h9-12H,6-8H2,1-5H3. The van der Waals surface area contributed by atoms with Crippen molar-refractivity contribution in [1.82, 2.24) is 4.57 Å². The first kappa shape index (κ1) is 18.8. The van der Waals surface area contributed by atoms with E-state index in [4.69, 9.17) is 9.47 Å². The smallest absolute Gasteiger partial charge is 0.253 e. The van der Waals surface area contributed by atoms with Crippen LogP contribution in [0.5, 0.6) is 11.5 Å². The van der Waals surface area contributed by atoms with Gasteiger partial charge in [0.05, 0.1) is 14.2 Å². The second kappa shape index (κ2) is 8.01. The van der Waals surface area contributed by atoms with Crippen molar-refractivity contribution in [2.45, 2.75) is 40.2 Å². The van der Waals surface area contributed by atoms with E-state index in [0.29, 0.717) is 18.0 Å². The van der Waals surface area contributed by atoms with Crippen LogP contribution in [0.2, 0.25) is 0 Å². The minimum atomic E-state index is 0.0413. The molecule has 25 heavy (non-hydrogen) atoms. The van der Waals surface area contributed by atoms with Crippen LogP contribution in [-0.4, -0.2) is 25.1 Å². The van der Waals surface area contributed by atoms with Gasteiger partial charge < -0.3 is 18.8 Å². The van der Waals surface area contributed by atoms with Crippen LogP contribution in [-0.2, 0) is 17.8 Å². The van der Waals surface area contributed by atoms with Crippen molar-refractivity contribution >= 4 is 6.29 Å². The molecule has 0 bridgehead atoms. The Morgan fingerprint density at radius 2 is 1.68 bits per heavy atom. The van der Waals surface area contributed by atoms with E-state index < -0.39 is 0 Å². The third-order valence-electron chi connectivity index (χ3n) is 4.50. The lowest BCUT2D eigenvalue weighted by Gasteiger charge is -2.17. The lowest BCUT2D eigenvalue weighted by atomic mass is 9.96. The van der Waals surface area contributed by atoms with Crippen LogP contribution in [0.1, 0.15) is 30.0 Å². The molecule has 1 aromatic carbocycles. The maximum Gasteiger partial charge on any atom is 0.253 e. The highest BCUT2D eigenvalue weighted by Gasteiger charge is 2.16. The number of hydrogen-bond donors (Lipinski definition) is 0. The number of benzene rings is 1. The van der Waals surface area contributed by atoms with E-state index in [1.807, 2.05) is 39.1 Å². The Labute approximate surface area is 148 Å². The van der Waals surface area contributed by atoms with Gasteiger partial charge in [-0.2, -0.15) is 0 Å². The fraction of sp³-hybridized carbons (Fsp3) is 0.400. The van der Waals surface area contributed by atoms with E-state index in [0.717, 1.165) is 40.5 Å². The summed E-state index contributed by atoms with van der Waals surface area (Å²) in [7, 11) is 3.14. The van der Waals surface area contributed by atoms with Gasteiger partial charge >= 0.3 is 0 Å². The van der Waals surface area contributed by atoms with Gasteiger partial charge in [0.2, 0.25) is 0 Å². The first-order chi connectivity index (χ1) is 12.0. The van der Waals surface area contributed by atoms with E-state index >= 15 is 0 Å². The van der Waals surface area contributed by atoms with Gasteiger partial charge in [-0.25, -0.2) is 0 Å². The molecule has 0 aliphatic carbocycles. The van der Waals surface area contributed by atoms with Gasteiger partial charge in [-0.05, 0) is 43.5 Å². The van der Waals surface area contributed by atoms with Gasteiger partial charge in [-0.1, -0.05) is 6.92 Å². The lowest BCUT2D eigenvalue weighted by molar-refractivity contribution is -0.107. The molecule has 0 aliphatic heterocycles. The minimum absolute atomic E-state index is 0.0413. The van der Waals surface area contributed by atoms with Crippen LogP contribution in [0.25, 0.3) is 11.1 Å². The fourth-order valence-corrected chi connectivity index (χ4v) is 3.01. The molecule has 0 atom stereocenters. The van der Waals surface area contributed by atoms with Crippen molar-refractivity contribution in [3.63, 3.8) is 0 Å². The van der Waals surface area contributed by atoms with Crippen molar-refractivity contribution in [2.24, 2.45) is 0 Å². The normalized spacial score (nSPS) is 10.6. The van der Waals surface area contributed by atoms with Crippen molar-refractivity contribution in [1.29, 1.82) is 0 Å². The Morgan fingerprint density at radius 1 is 1.08 bits per heavy atom. The Kier molecular flexibility index (Phi) is 6.02. The molecule has 134 valence electrons. The van der Waals surface area contributed by atoms with Crippen LogP contribution >= 0.6 is 0 Å². The maximum atomic E-state index is 12.4. The van der Waals surface area contributed by atoms with Crippen LogP contribution in [0.3, 0.4) is 0 Å². The van der Waals surface area contributed by atoms with Gasteiger partial charge in [-0.3, -0.25) is 4.79 Å². The number of carbonyl (C=O) groups excluding carboxylic acids is 1. The number of aldehydes is 1. The molecule has 0 saturated heterocycles. The summed E-state index contributed by atoms with van der Waals surface area (Å²) in [6, 6.07) is 3.79. The first-order valence-electron chi connectivity index (χ1n) is 8.37. The molecule has 2 aromatic rings. The highest BCUT2D eigenvalue weighted by atomic mass is 16.5. The quantitative estimate of drug-likeness (QED) is 0.724. The number of hydrogen-bond acceptors (Lipinski definition) is 4. The molecule has 0 aliphatic rings. The van der Waals surface area contributed by atoms with E-state index in [1.165, 1.54) is 0 Å². The number of aryl methyl sites for hydroxylation is 1. The van der Waals surface area contributed by atoms with Crippen LogP contribution in [0.4, 0.5) is 0 Å². The van der Waals surface area contributed by atoms with Crippen LogP contribution in [0.15, 0.2) is 23.1 Å². The third kappa shape index (κ3) is 3.60. The molecule has 0 N–H and O–H groups in total. The zero-order chi connectivity index (χ0) is 18.6. The Balaban J connectivity index is 2.73. The largest absolute Gasteiger partial charge is 0.496 e. The van der Waals surface area contributed by atoms with Crippen molar-refractivity contribution < 1.29 is 14.3 Å². The summed E-state index contributed by atoms with van der Waals surface area (Å²) in [6.45, 7) is 6.51. The lowest BCUT2D eigenvalue weighted by Crippen LogP contribution is -2.23. The summed E-state index contributed by atoms with van der Waals surface area (Å²) in [6.07, 6.45) is 3.82. The van der Waals surface area contributed by atoms with E-state index in [1.54, 1.807) is 18.8 Å². The van der Waals surface area contributed by atoms with Crippen LogP contribution < -0.4 is 15.0 Å². The SMILES string of the molecule is CCCn1cc(-c2cc(OC)c(CC=O)c(OC)c2)c(C)c(C)c1=O. The topological polar surface area (TPSA) is 57.5 Å². The number of nitrogens with zero attached hydrogens (tertiary/aromatic N) is 1. The predicted molar refractivity (Wildman–Crippen MR) is 98.8 cm³/mol. The molecule has 0 unspecified atom stereocenters. The average Bonchev–Trinajstić information content (AvgIpc) is 2.62. The molecule has 5 heteroatoms. The van der Waals surface area contributed by atoms with Crippen molar-refractivity contribution in [3.05, 3.63) is 45.4 Å². The molecule has 2 rings (SSSR count). The number of rotatable bonds is 7. The molecular formula is C20H25NO4. The maximum absolute atomic E-state index is 12.4. The fourth-order valence-electron chi connectivity index (χ4n) is 3.01. The van der Waals surface area contributed by atoms with E-state index in [2.05, 4.69) is 0 Å². The van der Waals surface area contributed by atoms with Gasteiger partial charge in [0.25, 0.3) is 5.56 Å². The summed E-state index contributed by atoms with van der Waals surface area (Å²) in [5, 5.41) is 0. The molecule has 5 nitrogen and oxygen atoms in total. The second-order valence-corrected chi connectivity index (χ2v) is 6.02. The first-order valence-corrected chi connectivity index (χ1v) is 8.37. The van der Waals surface area contributed by atoms with Crippen molar-refractivity contribution in [3.8, 4) is 22.6 Å². The predicted octanol–water partition coefficient (Wildman–Crippen LogP) is 3.30. The van der Waals surface area contributed by atoms with E-state index in [-0.39, 0.29) is 12.0 Å². The molecule has 0 spiro atoms. The highest BCUT2D eigenvalue weighted by Crippen LogP contribution is 2.36. The Hall–Kier alpha value is -2.56. The summed E-state index contributed by atoms with van der Waals surface area (Å²) >= 11 is 0. The summed E-state index contributed by atoms with van der Waals surface area (Å²) < 4.78 is 12.7. The van der Waals surface area contributed by atoms with Gasteiger partial charge in [0.15, 0.2) is 0 Å². The summed E-state index contributed by atoms with van der Waals surface area (Å²) in [5.74, 6) is 1.21. The molecular weight excluding hydrogens is 318 g/mol. The Morgan fingerprint density at radius 3 is 2.16 bits per heavy atom. The zero-order valence-electron chi connectivity index (χ0n) is 15.5. The number of methoxy groups -OCH3 is 2. The molecule has 0 fully saturated rings. The van der Waals surface area contributed by atoms with Crippen LogP contribution in [0, 0.1) is 13.8 Å². The van der Waals surface area contributed by atoms with E-state index in [9.17, 15) is 9.59 Å². The summed E-state index contributed by atoms with van der Waals surface area (Å²) in [4.78, 5) is 23.4. The number of carbonyl (C=O) groups is 1. The second-order valence-electron chi connectivity index (χ2n) is 6.02. The highest BCUT2D eigenvalue weighted by molar-refractivity contribution is 5.73. The molecule has 1 aromatic heterocycles. The number of pyridine rings is 1. The zero-order valence-corrected chi connectivity index (χ0v) is 15.5. The van der Waals surface area contributed by atoms with Crippen molar-refractivity contribution in [2.75, 3.05) is 14.2 Å². The Bertz CT molecular complexity index is 811. The molecule has 0 saturated carbocycles. The van der Waals surface area contributed by atoms with Gasteiger partial charge in [0.1, 0.15) is 17.8 Å². The number of aromatic nitrogens is 1. The van der Waals surface area contributed by atoms with Gasteiger partial charge in [-0.15, -0.1) is 0 Å². The average molecular weight is 343 g/mol. The van der Waals surface area contributed by atoms with Gasteiger partial charge in [0, 0.05) is 35.9 Å². The molecule has 0 radical (unpaired) electrons. The monoisotopic (exact) mass is 343 g/mol. The minimum Gasteiger partial charge on any atom is -0.496 e. The number of ether oxygens (including phenoxy) is 2.